The van der Waals surface area contributed by atoms with Crippen LogP contribution in [0.1, 0.15) is 46.4 Å². The van der Waals surface area contributed by atoms with Crippen molar-refractivity contribution in [2.45, 2.75) is 39.5 Å². The van der Waals surface area contributed by atoms with E-state index in [9.17, 15) is 9.59 Å². The Morgan fingerprint density at radius 3 is 2.25 bits per heavy atom. The lowest BCUT2D eigenvalue weighted by Crippen LogP contribution is -2.49. The third kappa shape index (κ3) is 6.10. The molecule has 1 aliphatic heterocycles. The van der Waals surface area contributed by atoms with Gasteiger partial charge in [0.15, 0.2) is 0 Å². The highest BCUT2D eigenvalue weighted by molar-refractivity contribution is 6.30. The second-order valence-electron chi connectivity index (χ2n) is 10.3. The Morgan fingerprint density at radius 2 is 1.57 bits per heavy atom. The summed E-state index contributed by atoms with van der Waals surface area (Å²) in [7, 11) is 0. The number of aromatic nitrogens is 2. The van der Waals surface area contributed by atoms with Crippen LogP contribution in [0.4, 0.5) is 5.69 Å². The van der Waals surface area contributed by atoms with Gasteiger partial charge in [-0.3, -0.25) is 9.59 Å². The van der Waals surface area contributed by atoms with E-state index in [4.69, 9.17) is 26.7 Å². The largest absolute Gasteiger partial charge is 0.481 e. The van der Waals surface area contributed by atoms with Crippen LogP contribution in [0, 0.1) is 13.8 Å². The fourth-order valence-corrected chi connectivity index (χ4v) is 5.55. The Balaban J connectivity index is 1.37. The van der Waals surface area contributed by atoms with Gasteiger partial charge in [0.05, 0.1) is 22.4 Å². The third-order valence-electron chi connectivity index (χ3n) is 7.48. The van der Waals surface area contributed by atoms with Crippen LogP contribution in [0.3, 0.4) is 0 Å². The Kier molecular flexibility index (Phi) is 8.31. The second kappa shape index (κ2) is 12.0. The molecule has 1 aromatic heterocycles. The van der Waals surface area contributed by atoms with Crippen molar-refractivity contribution in [3.05, 3.63) is 88.1 Å². The van der Waals surface area contributed by atoms with Crippen molar-refractivity contribution in [2.24, 2.45) is 0 Å². The molecule has 206 valence electrons. The number of carboxylic acid groups (broad SMARTS) is 1. The molecule has 8 heteroatoms. The van der Waals surface area contributed by atoms with E-state index in [0.717, 1.165) is 30.0 Å². The number of aryl methyl sites for hydroxylation is 3. The Bertz CT molecular complexity index is 1530. The number of anilines is 1. The first-order valence-corrected chi connectivity index (χ1v) is 14.1. The molecule has 1 saturated heterocycles. The molecule has 3 aromatic carbocycles. The lowest BCUT2D eigenvalue weighted by atomic mass is 10.0. The summed E-state index contributed by atoms with van der Waals surface area (Å²) in [5, 5.41) is 9.66. The first-order chi connectivity index (χ1) is 19.3. The number of aliphatic carboxylic acids is 1. The summed E-state index contributed by atoms with van der Waals surface area (Å²) in [5.74, 6) is -0.810. The van der Waals surface area contributed by atoms with Gasteiger partial charge in [-0.15, -0.1) is 0 Å². The molecule has 0 radical (unpaired) electrons. The average molecular weight is 557 g/mol. The number of fused-ring (bicyclic) bond motifs is 1. The number of benzene rings is 3. The van der Waals surface area contributed by atoms with Crippen molar-refractivity contribution >= 4 is 40.2 Å². The summed E-state index contributed by atoms with van der Waals surface area (Å²) in [6, 6.07) is 19.3. The van der Waals surface area contributed by atoms with E-state index in [0.29, 0.717) is 54.0 Å². The zero-order chi connectivity index (χ0) is 28.2. The maximum Gasteiger partial charge on any atom is 0.303 e. The number of halogens is 1. The molecule has 0 aliphatic carbocycles. The summed E-state index contributed by atoms with van der Waals surface area (Å²) in [5.41, 5.74) is 8.17. The van der Waals surface area contributed by atoms with Crippen molar-refractivity contribution in [3.63, 3.8) is 0 Å². The topological polar surface area (TPSA) is 86.6 Å². The molecule has 1 fully saturated rings. The van der Waals surface area contributed by atoms with Gasteiger partial charge in [0.1, 0.15) is 0 Å². The highest BCUT2D eigenvalue weighted by atomic mass is 35.5. The molecule has 2 heterocycles. The molecule has 0 atom stereocenters. The van der Waals surface area contributed by atoms with E-state index in [-0.39, 0.29) is 12.3 Å². The minimum atomic E-state index is -0.805. The predicted molar refractivity (Wildman–Crippen MR) is 159 cm³/mol. The molecule has 1 aliphatic rings. The zero-order valence-corrected chi connectivity index (χ0v) is 23.6. The number of amides is 1. The number of carbonyl (C=O) groups excluding carboxylic acids is 1. The molecule has 7 nitrogen and oxygen atoms in total. The number of carbonyl (C=O) groups is 2. The summed E-state index contributed by atoms with van der Waals surface area (Å²) in [6.07, 6.45) is 1.94. The molecule has 0 unspecified atom stereocenters. The monoisotopic (exact) mass is 556 g/mol. The van der Waals surface area contributed by atoms with Crippen LogP contribution in [0.25, 0.3) is 22.3 Å². The number of hydrogen-bond donors (Lipinski definition) is 1. The van der Waals surface area contributed by atoms with Gasteiger partial charge in [-0.2, -0.15) is 0 Å². The van der Waals surface area contributed by atoms with Gasteiger partial charge in [0.2, 0.25) is 0 Å². The standard InChI is InChI=1S/C32H33ClN4O3/c1-21-6-5-7-22(2)31(21)36-16-18-37(19-17-36)32(40)24-12-15-26-28(20-24)34-27(8-3-4-9-29(38)39)30(35-26)23-10-13-25(33)14-11-23/h5-7,10-15,20H,3-4,8-9,16-19H2,1-2H3,(H,38,39). The van der Waals surface area contributed by atoms with Gasteiger partial charge in [-0.1, -0.05) is 41.9 Å². The van der Waals surface area contributed by atoms with E-state index in [1.165, 1.54) is 16.8 Å². The van der Waals surface area contributed by atoms with Crippen LogP contribution in [0.2, 0.25) is 5.02 Å². The summed E-state index contributed by atoms with van der Waals surface area (Å²) < 4.78 is 0. The summed E-state index contributed by atoms with van der Waals surface area (Å²) >= 11 is 6.10. The molecule has 1 N–H and O–H groups in total. The molecule has 4 aromatic rings. The van der Waals surface area contributed by atoms with E-state index in [1.807, 2.05) is 47.4 Å². The SMILES string of the molecule is Cc1cccc(C)c1N1CCN(C(=O)c2ccc3nc(-c4ccc(Cl)cc4)c(CCCCC(=O)O)nc3c2)CC1. The van der Waals surface area contributed by atoms with Crippen LogP contribution >= 0.6 is 11.6 Å². The van der Waals surface area contributed by atoms with Crippen LogP contribution < -0.4 is 4.90 Å². The zero-order valence-electron chi connectivity index (χ0n) is 22.9. The number of nitrogens with zero attached hydrogens (tertiary/aromatic N) is 4. The van der Waals surface area contributed by atoms with E-state index in [2.05, 4.69) is 36.9 Å². The van der Waals surface area contributed by atoms with Gasteiger partial charge in [0, 0.05) is 54.4 Å². The van der Waals surface area contributed by atoms with Crippen LogP contribution in [-0.4, -0.2) is 58.0 Å². The number of hydrogen-bond acceptors (Lipinski definition) is 5. The van der Waals surface area contributed by atoms with Crippen molar-refractivity contribution in [1.29, 1.82) is 0 Å². The highest BCUT2D eigenvalue weighted by Gasteiger charge is 2.24. The van der Waals surface area contributed by atoms with Gasteiger partial charge in [-0.25, -0.2) is 9.97 Å². The number of para-hydroxylation sites is 1. The molecular weight excluding hydrogens is 524 g/mol. The number of unbranched alkanes of at least 4 members (excludes halogenated alkanes) is 1. The molecule has 1 amide bonds. The minimum Gasteiger partial charge on any atom is -0.481 e. The van der Waals surface area contributed by atoms with Gasteiger partial charge in [0.25, 0.3) is 5.91 Å². The average Bonchev–Trinajstić information content (AvgIpc) is 2.95. The van der Waals surface area contributed by atoms with E-state index in [1.54, 1.807) is 0 Å². The summed E-state index contributed by atoms with van der Waals surface area (Å²) in [4.78, 5) is 38.6. The van der Waals surface area contributed by atoms with Crippen LogP contribution in [0.15, 0.2) is 60.7 Å². The smallest absolute Gasteiger partial charge is 0.303 e. The highest BCUT2D eigenvalue weighted by Crippen LogP contribution is 2.28. The fourth-order valence-electron chi connectivity index (χ4n) is 5.43. The molecule has 0 bridgehead atoms. The van der Waals surface area contributed by atoms with Gasteiger partial charge in [-0.05, 0) is 74.6 Å². The van der Waals surface area contributed by atoms with Crippen molar-refractivity contribution in [2.75, 3.05) is 31.1 Å². The molecule has 0 saturated carbocycles. The van der Waals surface area contributed by atoms with Crippen molar-refractivity contribution in [3.8, 4) is 11.3 Å². The number of carboxylic acids is 1. The predicted octanol–water partition coefficient (Wildman–Crippen LogP) is 6.33. The first-order valence-electron chi connectivity index (χ1n) is 13.7. The fraction of sp³-hybridized carbons (Fsp3) is 0.312. The molecule has 0 spiro atoms. The van der Waals surface area contributed by atoms with Gasteiger partial charge < -0.3 is 14.9 Å². The normalized spacial score (nSPS) is 13.6. The Labute approximate surface area is 239 Å². The van der Waals surface area contributed by atoms with Crippen LogP contribution in [0.5, 0.6) is 0 Å². The Hall–Kier alpha value is -3.97. The molecule has 5 rings (SSSR count). The van der Waals surface area contributed by atoms with Crippen LogP contribution in [-0.2, 0) is 11.2 Å². The first kappa shape index (κ1) is 27.6. The lowest BCUT2D eigenvalue weighted by molar-refractivity contribution is -0.137. The Morgan fingerprint density at radius 1 is 0.875 bits per heavy atom. The van der Waals surface area contributed by atoms with E-state index < -0.39 is 5.97 Å². The summed E-state index contributed by atoms with van der Waals surface area (Å²) in [6.45, 7) is 7.15. The van der Waals surface area contributed by atoms with Gasteiger partial charge >= 0.3 is 5.97 Å². The van der Waals surface area contributed by atoms with Crippen molar-refractivity contribution in [1.82, 2.24) is 14.9 Å². The minimum absolute atomic E-state index is 0.00496. The number of rotatable bonds is 8. The lowest BCUT2D eigenvalue weighted by Gasteiger charge is -2.37. The van der Waals surface area contributed by atoms with E-state index >= 15 is 0 Å². The maximum absolute atomic E-state index is 13.5. The third-order valence-corrected chi connectivity index (χ3v) is 7.73. The van der Waals surface area contributed by atoms with Crippen molar-refractivity contribution < 1.29 is 14.7 Å². The quantitative estimate of drug-likeness (QED) is 0.255. The molecule has 40 heavy (non-hydrogen) atoms. The maximum atomic E-state index is 13.5. The second-order valence-corrected chi connectivity index (χ2v) is 10.8. The number of piperazine rings is 1. The molecular formula is C32H33ClN4O3.